The van der Waals surface area contributed by atoms with Crippen LogP contribution in [0.2, 0.25) is 5.02 Å². The van der Waals surface area contributed by atoms with Gasteiger partial charge >= 0.3 is 0 Å². The number of nitrogens with zero attached hydrogens (tertiary/aromatic N) is 3. The number of aliphatic hydroxyl groups excluding tert-OH is 2. The molecule has 0 unspecified atom stereocenters. The molecule has 0 radical (unpaired) electrons. The van der Waals surface area contributed by atoms with Crippen LogP contribution in [0.4, 0.5) is 4.39 Å². The van der Waals surface area contributed by atoms with Gasteiger partial charge in [-0.1, -0.05) is 11.6 Å². The molecule has 1 aromatic carbocycles. The zero-order valence-corrected chi connectivity index (χ0v) is 13.5. The highest BCUT2D eigenvalue weighted by Gasteiger charge is 2.45. The average molecular weight is 352 g/mol. The van der Waals surface area contributed by atoms with E-state index >= 15 is 0 Å². The van der Waals surface area contributed by atoms with Gasteiger partial charge in [-0.3, -0.25) is 4.57 Å². The number of aliphatic hydroxyl groups is 2. The summed E-state index contributed by atoms with van der Waals surface area (Å²) in [5.41, 5.74) is 1.91. The number of alkyl halides is 1. The summed E-state index contributed by atoms with van der Waals surface area (Å²) in [4.78, 5) is 8.48. The van der Waals surface area contributed by atoms with Crippen molar-refractivity contribution >= 4 is 33.5 Å². The third-order valence-corrected chi connectivity index (χ3v) is 4.70. The van der Waals surface area contributed by atoms with Crippen LogP contribution in [0.25, 0.3) is 21.9 Å². The van der Waals surface area contributed by atoms with Gasteiger partial charge in [0, 0.05) is 15.8 Å². The van der Waals surface area contributed by atoms with E-state index in [0.717, 1.165) is 16.5 Å². The van der Waals surface area contributed by atoms with E-state index in [4.69, 9.17) is 16.3 Å². The van der Waals surface area contributed by atoms with Crippen LogP contribution in [-0.2, 0) is 4.74 Å². The van der Waals surface area contributed by atoms with Crippen LogP contribution in [-0.4, -0.2) is 49.7 Å². The summed E-state index contributed by atoms with van der Waals surface area (Å²) >= 11 is 6.11. The minimum absolute atomic E-state index is 0.463. The molecule has 8 heteroatoms. The molecule has 3 aromatic rings. The van der Waals surface area contributed by atoms with Crippen LogP contribution in [0.15, 0.2) is 24.5 Å². The Bertz CT molecular complexity index is 932. The molecule has 1 aliphatic heterocycles. The number of aromatic nitrogens is 3. The van der Waals surface area contributed by atoms with Crippen molar-refractivity contribution in [1.82, 2.24) is 14.5 Å². The maximum Gasteiger partial charge on any atom is 0.173 e. The van der Waals surface area contributed by atoms with Crippen molar-refractivity contribution in [3.05, 3.63) is 35.2 Å². The molecule has 1 saturated heterocycles. The summed E-state index contributed by atoms with van der Waals surface area (Å²) in [5.74, 6) is 0. The Balaban J connectivity index is 2.02. The number of ether oxygens (including phenoxy) is 1. The Morgan fingerprint density at radius 1 is 1.38 bits per heavy atom. The molecule has 3 heterocycles. The quantitative estimate of drug-likeness (QED) is 0.739. The van der Waals surface area contributed by atoms with E-state index in [1.165, 1.54) is 6.33 Å². The normalized spacial score (nSPS) is 27.4. The lowest BCUT2D eigenvalue weighted by atomic mass is 10.1. The molecule has 1 aliphatic rings. The molecule has 0 spiro atoms. The maximum atomic E-state index is 14.6. The second kappa shape index (κ2) is 5.63. The zero-order valence-electron chi connectivity index (χ0n) is 12.7. The fraction of sp³-hybridized carbons (Fsp3) is 0.375. The van der Waals surface area contributed by atoms with Crippen molar-refractivity contribution in [2.75, 3.05) is 6.61 Å². The fourth-order valence-corrected chi connectivity index (χ4v) is 3.48. The van der Waals surface area contributed by atoms with E-state index in [-0.39, 0.29) is 0 Å². The number of benzene rings is 1. The lowest BCUT2D eigenvalue weighted by Crippen LogP contribution is -2.30. The van der Waals surface area contributed by atoms with E-state index in [1.54, 1.807) is 22.8 Å². The molecule has 126 valence electrons. The summed E-state index contributed by atoms with van der Waals surface area (Å²) in [6, 6.07) is 5.23. The second-order valence-electron chi connectivity index (χ2n) is 5.87. The van der Waals surface area contributed by atoms with Gasteiger partial charge in [0.25, 0.3) is 0 Å². The molecule has 6 nitrogen and oxygen atoms in total. The molecule has 4 rings (SSSR count). The minimum atomic E-state index is -1.69. The lowest BCUT2D eigenvalue weighted by molar-refractivity contribution is -0.0442. The first-order chi connectivity index (χ1) is 11.5. The predicted molar refractivity (Wildman–Crippen MR) is 86.7 cm³/mol. The summed E-state index contributed by atoms with van der Waals surface area (Å²) in [6.45, 7) is 1.37. The van der Waals surface area contributed by atoms with Crippen molar-refractivity contribution in [2.45, 2.75) is 31.5 Å². The van der Waals surface area contributed by atoms with Gasteiger partial charge in [0.2, 0.25) is 0 Å². The molecular weight excluding hydrogens is 337 g/mol. The third-order valence-electron chi connectivity index (χ3n) is 4.46. The van der Waals surface area contributed by atoms with Crippen LogP contribution >= 0.6 is 11.6 Å². The topological polar surface area (TPSA) is 80.4 Å². The summed E-state index contributed by atoms with van der Waals surface area (Å²) in [6.07, 6.45) is -3.76. The van der Waals surface area contributed by atoms with Crippen molar-refractivity contribution in [3.8, 4) is 0 Å². The van der Waals surface area contributed by atoms with E-state index in [0.29, 0.717) is 16.2 Å². The molecule has 1 fully saturated rings. The molecule has 0 amide bonds. The van der Waals surface area contributed by atoms with Crippen LogP contribution in [0.1, 0.15) is 11.9 Å². The first-order valence-electron chi connectivity index (χ1n) is 7.52. The van der Waals surface area contributed by atoms with Gasteiger partial charge in [0.1, 0.15) is 24.2 Å². The number of halogens is 2. The van der Waals surface area contributed by atoms with E-state index in [1.807, 2.05) is 6.92 Å². The van der Waals surface area contributed by atoms with Gasteiger partial charge in [-0.15, -0.1) is 0 Å². The van der Waals surface area contributed by atoms with Gasteiger partial charge in [-0.05, 0) is 25.1 Å². The highest BCUT2D eigenvalue weighted by atomic mass is 35.5. The number of aryl methyl sites for hydroxylation is 1. The molecule has 2 N–H and O–H groups in total. The maximum absolute atomic E-state index is 14.6. The average Bonchev–Trinajstić information content (AvgIpc) is 3.03. The van der Waals surface area contributed by atoms with Crippen molar-refractivity contribution in [2.24, 2.45) is 0 Å². The monoisotopic (exact) mass is 351 g/mol. The zero-order chi connectivity index (χ0) is 17.0. The first-order valence-corrected chi connectivity index (χ1v) is 7.90. The highest BCUT2D eigenvalue weighted by Crippen LogP contribution is 2.39. The Kier molecular flexibility index (Phi) is 3.69. The van der Waals surface area contributed by atoms with Crippen LogP contribution in [0.3, 0.4) is 0 Å². The van der Waals surface area contributed by atoms with E-state index in [9.17, 15) is 14.6 Å². The predicted octanol–water partition coefficient (Wildman–Crippen LogP) is 2.14. The van der Waals surface area contributed by atoms with Gasteiger partial charge in [-0.25, -0.2) is 14.4 Å². The number of rotatable bonds is 2. The third kappa shape index (κ3) is 2.12. The van der Waals surface area contributed by atoms with Gasteiger partial charge in [0.15, 0.2) is 12.4 Å². The Labute approximate surface area is 141 Å². The highest BCUT2D eigenvalue weighted by molar-refractivity contribution is 6.31. The largest absolute Gasteiger partial charge is 0.394 e. The SMILES string of the molecule is Cc1ncnc2c1c1cc(Cl)ccc1n2[C@@H]1O[C@H](CO)[C@@H](O)[C@@H]1F. The second-order valence-corrected chi connectivity index (χ2v) is 6.31. The molecule has 2 aromatic heterocycles. The van der Waals surface area contributed by atoms with Crippen molar-refractivity contribution in [3.63, 3.8) is 0 Å². The molecule has 0 aliphatic carbocycles. The molecule has 24 heavy (non-hydrogen) atoms. The molecule has 0 saturated carbocycles. The van der Waals surface area contributed by atoms with E-state index in [2.05, 4.69) is 9.97 Å². The van der Waals surface area contributed by atoms with E-state index < -0.39 is 31.2 Å². The summed E-state index contributed by atoms with van der Waals surface area (Å²) < 4.78 is 21.8. The number of hydrogen-bond donors (Lipinski definition) is 2. The van der Waals surface area contributed by atoms with Crippen LogP contribution in [0, 0.1) is 6.92 Å². The Morgan fingerprint density at radius 2 is 2.17 bits per heavy atom. The minimum Gasteiger partial charge on any atom is -0.394 e. The molecule has 4 atom stereocenters. The standard InChI is InChI=1S/C16H15ClFN3O3/c1-7-12-9-4-8(17)2-3-10(9)21(15(12)20-6-19-7)16-13(18)14(23)11(5-22)24-16/h2-4,6,11,13-14,16,22-23H,5H2,1H3/t11-,13+,14-,16-/m1/s1. The van der Waals surface area contributed by atoms with Gasteiger partial charge in [0.05, 0.1) is 17.8 Å². The van der Waals surface area contributed by atoms with Crippen molar-refractivity contribution < 1.29 is 19.3 Å². The first kappa shape index (κ1) is 15.7. The number of fused-ring (bicyclic) bond motifs is 3. The number of hydrogen-bond acceptors (Lipinski definition) is 5. The van der Waals surface area contributed by atoms with Crippen LogP contribution < -0.4 is 0 Å². The summed E-state index contributed by atoms with van der Waals surface area (Å²) in [5, 5.41) is 21.3. The van der Waals surface area contributed by atoms with Crippen LogP contribution in [0.5, 0.6) is 0 Å². The molecular formula is C16H15ClFN3O3. The smallest absolute Gasteiger partial charge is 0.173 e. The summed E-state index contributed by atoms with van der Waals surface area (Å²) in [7, 11) is 0. The van der Waals surface area contributed by atoms with Gasteiger partial charge in [-0.2, -0.15) is 0 Å². The van der Waals surface area contributed by atoms with Crippen molar-refractivity contribution in [1.29, 1.82) is 0 Å². The fourth-order valence-electron chi connectivity index (χ4n) is 3.31. The Hall–Kier alpha value is -1.80. The Morgan fingerprint density at radius 3 is 2.88 bits per heavy atom. The lowest BCUT2D eigenvalue weighted by Gasteiger charge is -2.17. The molecule has 0 bridgehead atoms. The van der Waals surface area contributed by atoms with Gasteiger partial charge < -0.3 is 14.9 Å².